The molecule has 29 heavy (non-hydrogen) atoms. The molecule has 2 aromatic carbocycles. The van der Waals surface area contributed by atoms with Gasteiger partial charge in [0.1, 0.15) is 5.75 Å². The minimum Gasteiger partial charge on any atom is -0.506 e. The van der Waals surface area contributed by atoms with Crippen molar-refractivity contribution in [3.63, 3.8) is 0 Å². The van der Waals surface area contributed by atoms with Crippen LogP contribution in [-0.4, -0.2) is 56.3 Å². The number of rotatable bonds is 5. The third-order valence-corrected chi connectivity index (χ3v) is 7.09. The van der Waals surface area contributed by atoms with Gasteiger partial charge in [-0.2, -0.15) is 9.41 Å². The molecule has 1 heterocycles. The molecule has 1 aliphatic heterocycles. The van der Waals surface area contributed by atoms with Gasteiger partial charge in [0.05, 0.1) is 28.8 Å². The van der Waals surface area contributed by atoms with E-state index in [1.807, 2.05) is 0 Å². The predicted molar refractivity (Wildman–Crippen MR) is 115 cm³/mol. The maximum Gasteiger partial charge on any atom is 0.271 e. The molecule has 0 bridgehead atoms. The highest BCUT2D eigenvalue weighted by Gasteiger charge is 2.26. The number of nitrogens with one attached hydrogen (secondary N) is 1. The summed E-state index contributed by atoms with van der Waals surface area (Å²) in [7, 11) is -3.71. The van der Waals surface area contributed by atoms with Crippen molar-refractivity contribution in [3.8, 4) is 5.75 Å². The molecule has 1 aliphatic rings. The van der Waals surface area contributed by atoms with Crippen molar-refractivity contribution in [1.29, 1.82) is 0 Å². The lowest BCUT2D eigenvalue weighted by Gasteiger charge is -2.26. The van der Waals surface area contributed by atoms with E-state index >= 15 is 0 Å². The van der Waals surface area contributed by atoms with Crippen LogP contribution in [0.15, 0.2) is 55.3 Å². The fraction of sp³-hybridized carbons (Fsp3) is 0.222. The summed E-state index contributed by atoms with van der Waals surface area (Å²) in [5.74, 6) is -0.598. The zero-order valence-electron chi connectivity index (χ0n) is 15.0. The summed E-state index contributed by atoms with van der Waals surface area (Å²) >= 11 is 6.52. The maximum absolute atomic E-state index is 12.7. The number of nitrogens with zero attached hydrogens (tertiary/aromatic N) is 2. The van der Waals surface area contributed by atoms with Crippen molar-refractivity contribution in [2.45, 2.75) is 4.90 Å². The average Bonchev–Trinajstić information content (AvgIpc) is 2.72. The fourth-order valence-corrected chi connectivity index (χ4v) is 5.36. The van der Waals surface area contributed by atoms with Crippen molar-refractivity contribution in [2.24, 2.45) is 5.10 Å². The highest BCUT2D eigenvalue weighted by atomic mass is 79.9. The van der Waals surface area contributed by atoms with Crippen LogP contribution in [-0.2, 0) is 14.8 Å². The lowest BCUT2D eigenvalue weighted by Crippen LogP contribution is -2.40. The number of phenols is 1. The molecule has 1 fully saturated rings. The van der Waals surface area contributed by atoms with Crippen LogP contribution in [0.3, 0.4) is 0 Å². The molecule has 0 spiro atoms. The molecule has 2 aromatic rings. The first-order valence-electron chi connectivity index (χ1n) is 8.48. The summed E-state index contributed by atoms with van der Waals surface area (Å²) in [4.78, 5) is 12.4. The summed E-state index contributed by atoms with van der Waals surface area (Å²) in [5, 5.41) is 13.8. The third kappa shape index (κ3) is 5.23. The Morgan fingerprint density at radius 1 is 1.21 bits per heavy atom. The van der Waals surface area contributed by atoms with Crippen LogP contribution in [0.2, 0.25) is 0 Å². The maximum atomic E-state index is 12.7. The van der Waals surface area contributed by atoms with E-state index in [1.165, 1.54) is 34.8 Å². The van der Waals surface area contributed by atoms with Gasteiger partial charge >= 0.3 is 0 Å². The number of carbonyl (C=O) groups is 1. The van der Waals surface area contributed by atoms with Crippen molar-refractivity contribution < 1.29 is 23.1 Å². The SMILES string of the molecule is O=C(N/N=C/c1cc(Br)cc(Br)c1O)c1cccc(S(=O)(=O)N2CCOCC2)c1. The van der Waals surface area contributed by atoms with Gasteiger partial charge in [-0.05, 0) is 46.3 Å². The molecular formula is C18H17Br2N3O5S. The van der Waals surface area contributed by atoms with Crippen LogP contribution in [0.4, 0.5) is 0 Å². The highest BCUT2D eigenvalue weighted by molar-refractivity contribution is 9.11. The Labute approximate surface area is 184 Å². The van der Waals surface area contributed by atoms with Gasteiger partial charge in [-0.15, -0.1) is 0 Å². The van der Waals surface area contributed by atoms with Crippen LogP contribution < -0.4 is 5.43 Å². The van der Waals surface area contributed by atoms with Gasteiger partial charge in [0.2, 0.25) is 10.0 Å². The molecule has 1 amide bonds. The summed E-state index contributed by atoms with van der Waals surface area (Å²) in [5.41, 5.74) is 2.87. The van der Waals surface area contributed by atoms with Gasteiger partial charge in [0, 0.05) is 28.7 Å². The number of benzene rings is 2. The molecule has 3 rings (SSSR count). The second-order valence-electron chi connectivity index (χ2n) is 6.07. The predicted octanol–water partition coefficient (Wildman–Crippen LogP) is 2.70. The van der Waals surface area contributed by atoms with Gasteiger partial charge in [-0.1, -0.05) is 22.0 Å². The van der Waals surface area contributed by atoms with Crippen molar-refractivity contribution in [2.75, 3.05) is 26.3 Å². The minimum absolute atomic E-state index is 0.0233. The molecular weight excluding hydrogens is 530 g/mol. The van der Waals surface area contributed by atoms with E-state index < -0.39 is 15.9 Å². The number of phenolic OH excluding ortho intramolecular Hbond substituents is 1. The van der Waals surface area contributed by atoms with Crippen LogP contribution >= 0.6 is 31.9 Å². The van der Waals surface area contributed by atoms with Crippen molar-refractivity contribution >= 4 is 54.0 Å². The number of halogens is 2. The molecule has 8 nitrogen and oxygen atoms in total. The summed E-state index contributed by atoms with van der Waals surface area (Å²) < 4.78 is 33.2. The highest BCUT2D eigenvalue weighted by Crippen LogP contribution is 2.30. The number of hydrogen-bond acceptors (Lipinski definition) is 6. The average molecular weight is 547 g/mol. The topological polar surface area (TPSA) is 108 Å². The first-order chi connectivity index (χ1) is 13.8. The summed E-state index contributed by atoms with van der Waals surface area (Å²) in [6, 6.07) is 9.06. The Morgan fingerprint density at radius 3 is 2.66 bits per heavy atom. The Bertz CT molecular complexity index is 1050. The molecule has 0 radical (unpaired) electrons. The van der Waals surface area contributed by atoms with Crippen molar-refractivity contribution in [3.05, 3.63) is 56.5 Å². The van der Waals surface area contributed by atoms with E-state index in [-0.39, 0.29) is 29.3 Å². The Balaban J connectivity index is 1.74. The van der Waals surface area contributed by atoms with Gasteiger partial charge in [0.25, 0.3) is 5.91 Å². The molecule has 0 atom stereocenters. The molecule has 0 aromatic heterocycles. The van der Waals surface area contributed by atoms with Crippen LogP contribution in [0.1, 0.15) is 15.9 Å². The number of hydrazone groups is 1. The van der Waals surface area contributed by atoms with Gasteiger partial charge in [-0.25, -0.2) is 13.8 Å². The quantitative estimate of drug-likeness (QED) is 0.443. The summed E-state index contributed by atoms with van der Waals surface area (Å²) in [6.07, 6.45) is 1.29. The number of sulfonamides is 1. The lowest BCUT2D eigenvalue weighted by atomic mass is 10.2. The van der Waals surface area contributed by atoms with E-state index in [1.54, 1.807) is 12.1 Å². The standard InChI is InChI=1S/C18H17Br2N3O5S/c19-14-8-13(17(24)16(20)10-14)11-21-22-18(25)12-2-1-3-15(9-12)29(26,27)23-4-6-28-7-5-23/h1-3,8-11,24H,4-7H2,(H,22,25)/b21-11+. The van der Waals surface area contributed by atoms with E-state index in [0.29, 0.717) is 23.2 Å². The molecule has 11 heteroatoms. The van der Waals surface area contributed by atoms with Crippen LogP contribution in [0, 0.1) is 0 Å². The number of carbonyl (C=O) groups excluding carboxylic acids is 1. The molecule has 0 unspecified atom stereocenters. The minimum atomic E-state index is -3.71. The van der Waals surface area contributed by atoms with Gasteiger partial charge in [-0.3, -0.25) is 4.79 Å². The third-order valence-electron chi connectivity index (χ3n) is 4.13. The molecule has 1 saturated heterocycles. The largest absolute Gasteiger partial charge is 0.506 e. The number of hydrogen-bond donors (Lipinski definition) is 2. The Hall–Kier alpha value is -1.79. The molecule has 0 aliphatic carbocycles. The van der Waals surface area contributed by atoms with Crippen LogP contribution in [0.5, 0.6) is 5.75 Å². The number of morpholine rings is 1. The van der Waals surface area contributed by atoms with Crippen LogP contribution in [0.25, 0.3) is 0 Å². The first-order valence-corrected chi connectivity index (χ1v) is 11.5. The zero-order valence-corrected chi connectivity index (χ0v) is 19.0. The van der Waals surface area contributed by atoms with Crippen molar-refractivity contribution in [1.82, 2.24) is 9.73 Å². The smallest absolute Gasteiger partial charge is 0.271 e. The van der Waals surface area contributed by atoms with E-state index in [4.69, 9.17) is 4.74 Å². The molecule has 0 saturated carbocycles. The van der Waals surface area contributed by atoms with E-state index in [0.717, 1.165) is 4.47 Å². The number of aromatic hydroxyl groups is 1. The second-order valence-corrected chi connectivity index (χ2v) is 9.78. The Kier molecular flexibility index (Phi) is 7.06. The van der Waals surface area contributed by atoms with E-state index in [2.05, 4.69) is 42.4 Å². The van der Waals surface area contributed by atoms with Gasteiger partial charge < -0.3 is 9.84 Å². The van der Waals surface area contributed by atoms with E-state index in [9.17, 15) is 18.3 Å². The first kappa shape index (κ1) is 21.9. The fourth-order valence-electron chi connectivity index (χ4n) is 2.64. The lowest BCUT2D eigenvalue weighted by molar-refractivity contribution is 0.0730. The second kappa shape index (κ2) is 9.35. The normalized spacial score (nSPS) is 15.5. The molecule has 154 valence electrons. The van der Waals surface area contributed by atoms with Gasteiger partial charge in [0.15, 0.2) is 0 Å². The zero-order chi connectivity index (χ0) is 21.0. The molecule has 2 N–H and O–H groups in total. The monoisotopic (exact) mass is 545 g/mol. The number of ether oxygens (including phenoxy) is 1. The Morgan fingerprint density at radius 2 is 1.93 bits per heavy atom. The number of amides is 1. The summed E-state index contributed by atoms with van der Waals surface area (Å²) in [6.45, 7) is 1.23.